The molecule has 0 fully saturated rings. The van der Waals surface area contributed by atoms with Crippen molar-refractivity contribution in [3.63, 3.8) is 0 Å². The molecule has 15 aromatic carbocycles. The number of benzene rings is 15. The van der Waals surface area contributed by atoms with Crippen molar-refractivity contribution in [3.8, 4) is 89.8 Å². The molecule has 8 heteroatoms. The maximum absolute atomic E-state index is 5.61. The van der Waals surface area contributed by atoms with E-state index < -0.39 is 0 Å². The minimum absolute atomic E-state index is 0.664. The van der Waals surface area contributed by atoms with Gasteiger partial charge < -0.3 is 9.13 Å². The number of thiophene rings is 4. The molecule has 0 aliphatic carbocycles. The second-order valence-corrected chi connectivity index (χ2v) is 30.9. The van der Waals surface area contributed by atoms with Crippen LogP contribution in [0, 0.1) is 0 Å². The Hall–Kier alpha value is -12.1. The van der Waals surface area contributed by atoms with Crippen LogP contribution in [0.1, 0.15) is 0 Å². The molecule has 7 heterocycles. The van der Waals surface area contributed by atoms with Crippen LogP contribution in [0.5, 0.6) is 0 Å². The molecule has 7 aromatic heterocycles. The molecule has 0 atom stereocenters. The normalized spacial score (nSPS) is 12.1. The number of fused-ring (bicyclic) bond motifs is 18. The quantitative estimate of drug-likeness (QED) is 0.144. The van der Waals surface area contributed by atoms with Crippen molar-refractivity contribution in [2.24, 2.45) is 0 Å². The molecule has 0 saturated carbocycles. The zero-order valence-corrected chi connectivity index (χ0v) is 57.9. The van der Waals surface area contributed by atoms with Crippen LogP contribution in [0.25, 0.3) is 214 Å². The molecule has 0 aliphatic heterocycles. The lowest BCUT2D eigenvalue weighted by Crippen LogP contribution is -2.02. The van der Waals surface area contributed by atoms with Crippen LogP contribution in [0.3, 0.4) is 0 Å². The SMILES string of the molecule is c1ccc(-c2cc(-c3cc(-n4c5ccc(-c6cccc7c6sc6ccccc67)cc5c5cc(-c6cccc7c6sc6ccccc67)ccc54)cc(-n4c5ccc(-c6cccc7c6sc6ccccc67)cc5c5cc(-c6cccc7c6sc6ccccc67)ccc54)c3)nc(-c3ccccc3)n2)cc1. The molecule has 0 bridgehead atoms. The van der Waals surface area contributed by atoms with E-state index >= 15 is 0 Å². The van der Waals surface area contributed by atoms with Gasteiger partial charge in [-0.25, -0.2) is 9.97 Å². The fourth-order valence-corrected chi connectivity index (χ4v) is 21.2. The summed E-state index contributed by atoms with van der Waals surface area (Å²) in [5.41, 5.74) is 20.7. The zero-order chi connectivity index (χ0) is 66.7. The first-order chi connectivity index (χ1) is 50.5. The molecule has 22 aromatic rings. The largest absolute Gasteiger partial charge is 0.309 e. The van der Waals surface area contributed by atoms with Crippen molar-refractivity contribution in [2.45, 2.75) is 0 Å². The van der Waals surface area contributed by atoms with Crippen molar-refractivity contribution >= 4 is 170 Å². The highest BCUT2D eigenvalue weighted by atomic mass is 32.1. The lowest BCUT2D eigenvalue weighted by atomic mass is 9.98. The summed E-state index contributed by atoms with van der Waals surface area (Å²) in [5, 5.41) is 15.0. The van der Waals surface area contributed by atoms with Crippen LogP contribution in [0.2, 0.25) is 0 Å². The number of hydrogen-bond donors (Lipinski definition) is 0. The third kappa shape index (κ3) is 8.97. The highest BCUT2D eigenvalue weighted by molar-refractivity contribution is 7.27. The molecule has 4 nitrogen and oxygen atoms in total. The first-order valence-electron chi connectivity index (χ1n) is 34.5. The van der Waals surface area contributed by atoms with E-state index in [4.69, 9.17) is 9.97 Å². The molecule has 0 amide bonds. The first-order valence-corrected chi connectivity index (χ1v) is 37.8. The third-order valence-electron chi connectivity index (χ3n) is 20.9. The van der Waals surface area contributed by atoms with Crippen LogP contribution in [0.15, 0.2) is 328 Å². The lowest BCUT2D eigenvalue weighted by molar-refractivity contribution is 1.13. The second-order valence-electron chi connectivity index (χ2n) is 26.7. The van der Waals surface area contributed by atoms with Gasteiger partial charge in [0.2, 0.25) is 0 Å². The van der Waals surface area contributed by atoms with Gasteiger partial charge in [-0.15, -0.1) is 45.3 Å². The van der Waals surface area contributed by atoms with Gasteiger partial charge in [0.15, 0.2) is 5.82 Å². The minimum Gasteiger partial charge on any atom is -0.309 e. The summed E-state index contributed by atoms with van der Waals surface area (Å²) < 4.78 is 15.4. The molecule has 102 heavy (non-hydrogen) atoms. The number of nitrogens with zero attached hydrogens (tertiary/aromatic N) is 4. The minimum atomic E-state index is 0.664. The Bertz CT molecular complexity index is 6500. The summed E-state index contributed by atoms with van der Waals surface area (Å²) in [7, 11) is 0. The highest BCUT2D eigenvalue weighted by Gasteiger charge is 2.24. The van der Waals surface area contributed by atoms with E-state index in [-0.39, 0.29) is 0 Å². The van der Waals surface area contributed by atoms with Gasteiger partial charge in [0.1, 0.15) is 0 Å². The zero-order valence-electron chi connectivity index (χ0n) is 54.6. The number of rotatable bonds is 9. The smallest absolute Gasteiger partial charge is 0.160 e. The molecular weight excluding hydrogens is 1310 g/mol. The average Bonchev–Trinajstić information content (AvgIpc) is 1.64. The van der Waals surface area contributed by atoms with Crippen molar-refractivity contribution in [2.75, 3.05) is 0 Å². The summed E-state index contributed by atoms with van der Waals surface area (Å²) in [6.07, 6.45) is 0. The lowest BCUT2D eigenvalue weighted by Gasteiger charge is -2.17. The van der Waals surface area contributed by atoms with Gasteiger partial charge in [-0.2, -0.15) is 0 Å². The van der Waals surface area contributed by atoms with Gasteiger partial charge >= 0.3 is 0 Å². The summed E-state index contributed by atoms with van der Waals surface area (Å²) in [4.78, 5) is 11.0. The molecular formula is C94H54N4S4. The van der Waals surface area contributed by atoms with Crippen molar-refractivity contribution in [1.82, 2.24) is 19.1 Å². The summed E-state index contributed by atoms with van der Waals surface area (Å²) >= 11 is 7.53. The number of hydrogen-bond acceptors (Lipinski definition) is 6. The van der Waals surface area contributed by atoms with E-state index in [0.717, 1.165) is 61.5 Å². The molecule has 474 valence electrons. The summed E-state index contributed by atoms with van der Waals surface area (Å²) in [6, 6.07) is 122. The van der Waals surface area contributed by atoms with E-state index in [1.807, 2.05) is 45.3 Å². The second kappa shape index (κ2) is 22.7. The standard InChI is InChI=1S/C94H54N4S4/c1-3-19-55(20-4-1)80-54-81(96-94(95-80)56-21-5-2-6-22-56)61-47-62(97-82-43-39-57(64-27-15-31-72-68-23-7-11-35-86(68)99-90(64)72)49-76(82)77-50-58(40-44-83(77)97)65-28-16-32-73-69-24-8-12-36-87(69)100-91(65)73)53-63(48-61)98-84-45-41-59(66-29-17-33-74-70-25-9-13-37-88(70)101-92(66)74)51-78(84)79-52-60(42-46-85(79)98)67-30-18-34-75-71-26-10-14-38-89(71)102-93(67)75/h1-54H. The van der Waals surface area contributed by atoms with E-state index in [2.05, 4.69) is 337 Å². The fraction of sp³-hybridized carbons (Fsp3) is 0. The Labute approximate surface area is 601 Å². The highest BCUT2D eigenvalue weighted by Crippen LogP contribution is 2.49. The maximum Gasteiger partial charge on any atom is 0.160 e. The van der Waals surface area contributed by atoms with Crippen LogP contribution in [-0.4, -0.2) is 19.1 Å². The van der Waals surface area contributed by atoms with E-state index in [1.54, 1.807) is 0 Å². The van der Waals surface area contributed by atoms with E-state index in [0.29, 0.717) is 5.82 Å². The van der Waals surface area contributed by atoms with Crippen molar-refractivity contribution in [1.29, 1.82) is 0 Å². The molecule has 0 radical (unpaired) electrons. The van der Waals surface area contributed by atoms with Crippen LogP contribution in [-0.2, 0) is 0 Å². The topological polar surface area (TPSA) is 35.6 Å². The fourth-order valence-electron chi connectivity index (χ4n) is 16.2. The van der Waals surface area contributed by atoms with Crippen molar-refractivity contribution < 1.29 is 0 Å². The van der Waals surface area contributed by atoms with Crippen LogP contribution in [0.4, 0.5) is 0 Å². The van der Waals surface area contributed by atoms with Crippen molar-refractivity contribution in [3.05, 3.63) is 328 Å². The Morgan fingerprint density at radius 1 is 0.196 bits per heavy atom. The monoisotopic (exact) mass is 1370 g/mol. The molecule has 0 spiro atoms. The average molecular weight is 1370 g/mol. The predicted molar refractivity (Wildman–Crippen MR) is 440 cm³/mol. The Kier molecular flexibility index (Phi) is 12.8. The van der Waals surface area contributed by atoms with Gasteiger partial charge in [0.05, 0.1) is 33.5 Å². The maximum atomic E-state index is 5.61. The predicted octanol–water partition coefficient (Wildman–Crippen LogP) is 27.8. The van der Waals surface area contributed by atoms with Gasteiger partial charge in [-0.1, -0.05) is 231 Å². The Morgan fingerprint density at radius 2 is 0.490 bits per heavy atom. The summed E-state index contributed by atoms with van der Waals surface area (Å²) in [5.74, 6) is 0.664. The van der Waals surface area contributed by atoms with Crippen LogP contribution >= 0.6 is 45.3 Å². The van der Waals surface area contributed by atoms with Gasteiger partial charge in [0, 0.05) is 130 Å². The Morgan fingerprint density at radius 3 is 0.833 bits per heavy atom. The van der Waals surface area contributed by atoms with Gasteiger partial charge in [-0.05, 0) is 142 Å². The van der Waals surface area contributed by atoms with E-state index in [1.165, 1.54) is 147 Å². The number of aromatic nitrogens is 4. The van der Waals surface area contributed by atoms with Gasteiger partial charge in [-0.3, -0.25) is 0 Å². The molecule has 0 saturated heterocycles. The molecule has 0 unspecified atom stereocenters. The first kappa shape index (κ1) is 57.7. The molecule has 0 aliphatic rings. The van der Waals surface area contributed by atoms with Crippen LogP contribution < -0.4 is 0 Å². The third-order valence-corrected chi connectivity index (χ3v) is 25.8. The summed E-state index contributed by atoms with van der Waals surface area (Å²) in [6.45, 7) is 0. The van der Waals surface area contributed by atoms with Gasteiger partial charge in [0.25, 0.3) is 0 Å². The van der Waals surface area contributed by atoms with E-state index in [9.17, 15) is 0 Å². The molecule has 22 rings (SSSR count). The molecule has 0 N–H and O–H groups in total. The Balaban J connectivity index is 0.828.